The van der Waals surface area contributed by atoms with E-state index in [2.05, 4.69) is 32.7 Å². The fourth-order valence-corrected chi connectivity index (χ4v) is 3.05. The monoisotopic (exact) mass is 404 g/mol. The molecule has 156 valence electrons. The van der Waals surface area contributed by atoms with Crippen molar-refractivity contribution in [3.8, 4) is 11.3 Å². The van der Waals surface area contributed by atoms with Crippen LogP contribution in [0.3, 0.4) is 0 Å². The van der Waals surface area contributed by atoms with E-state index in [4.69, 9.17) is 4.99 Å². The number of imidazole rings is 1. The van der Waals surface area contributed by atoms with E-state index < -0.39 is 0 Å². The Kier molecular flexibility index (Phi) is 7.21. The quantitative estimate of drug-likeness (QED) is 0.417. The van der Waals surface area contributed by atoms with E-state index >= 15 is 0 Å². The number of amides is 1. The maximum absolute atomic E-state index is 11.7. The lowest BCUT2D eigenvalue weighted by molar-refractivity contribution is 0.0963. The summed E-state index contributed by atoms with van der Waals surface area (Å²) in [6.07, 6.45) is 1.86. The Bertz CT molecular complexity index is 978. The normalized spacial score (nSPS) is 11.2. The molecule has 30 heavy (non-hydrogen) atoms. The third-order valence-electron chi connectivity index (χ3n) is 4.65. The second kappa shape index (κ2) is 10.2. The average molecular weight is 405 g/mol. The van der Waals surface area contributed by atoms with Crippen molar-refractivity contribution in [3.05, 3.63) is 77.7 Å². The Morgan fingerprint density at radius 2 is 1.87 bits per heavy atom. The number of aliphatic imine (C=N–C) groups is 1. The van der Waals surface area contributed by atoms with E-state index in [1.807, 2.05) is 67.5 Å². The molecule has 0 aliphatic heterocycles. The lowest BCUT2D eigenvalue weighted by atomic mass is 10.1. The van der Waals surface area contributed by atoms with Gasteiger partial charge in [0.2, 0.25) is 0 Å². The Balaban J connectivity index is 1.66. The van der Waals surface area contributed by atoms with Gasteiger partial charge >= 0.3 is 0 Å². The molecule has 0 aliphatic rings. The van der Waals surface area contributed by atoms with E-state index in [0.717, 1.165) is 35.1 Å². The zero-order valence-corrected chi connectivity index (χ0v) is 17.6. The summed E-state index contributed by atoms with van der Waals surface area (Å²) >= 11 is 0. The number of hydrogen-bond donors (Lipinski definition) is 3. The number of nitrogens with zero attached hydrogens (tertiary/aromatic N) is 3. The topological polar surface area (TPSA) is 85.4 Å². The summed E-state index contributed by atoms with van der Waals surface area (Å²) in [6.45, 7) is 3.94. The molecule has 7 nitrogen and oxygen atoms in total. The maximum atomic E-state index is 11.7. The summed E-state index contributed by atoms with van der Waals surface area (Å²) < 4.78 is 0. The van der Waals surface area contributed by atoms with Gasteiger partial charge in [0, 0.05) is 26.2 Å². The highest BCUT2D eigenvalue weighted by Gasteiger charge is 2.10. The molecule has 3 rings (SSSR count). The average Bonchev–Trinajstić information content (AvgIpc) is 3.25. The molecular weight excluding hydrogens is 376 g/mol. The van der Waals surface area contributed by atoms with Crippen LogP contribution in [-0.4, -0.2) is 47.4 Å². The molecule has 0 unspecified atom stereocenters. The zero-order valence-electron chi connectivity index (χ0n) is 17.6. The minimum atomic E-state index is -0.0913. The number of aromatic amines is 1. The Morgan fingerprint density at radius 1 is 1.13 bits per heavy atom. The van der Waals surface area contributed by atoms with Crippen LogP contribution in [0.1, 0.15) is 28.7 Å². The molecular formula is C23H28N6O. The van der Waals surface area contributed by atoms with Crippen molar-refractivity contribution in [2.24, 2.45) is 4.99 Å². The molecule has 3 aromatic rings. The van der Waals surface area contributed by atoms with Gasteiger partial charge < -0.3 is 20.5 Å². The highest BCUT2D eigenvalue weighted by Crippen LogP contribution is 2.16. The van der Waals surface area contributed by atoms with Crippen LogP contribution in [0.15, 0.2) is 65.8 Å². The van der Waals surface area contributed by atoms with Gasteiger partial charge in [-0.2, -0.15) is 0 Å². The van der Waals surface area contributed by atoms with Crippen LogP contribution < -0.4 is 10.6 Å². The van der Waals surface area contributed by atoms with Crippen molar-refractivity contribution in [2.45, 2.75) is 20.0 Å². The molecule has 0 bridgehead atoms. The van der Waals surface area contributed by atoms with E-state index in [0.29, 0.717) is 18.7 Å². The van der Waals surface area contributed by atoms with Crippen molar-refractivity contribution in [1.82, 2.24) is 25.5 Å². The maximum Gasteiger partial charge on any atom is 0.251 e. The summed E-state index contributed by atoms with van der Waals surface area (Å²) in [7, 11) is 3.61. The number of guanidine groups is 1. The number of aromatic nitrogens is 2. The number of nitrogens with one attached hydrogen (secondary N) is 3. The number of H-pyrrole nitrogens is 1. The minimum Gasteiger partial charge on any atom is -0.357 e. The number of hydrogen-bond acceptors (Lipinski definition) is 3. The predicted molar refractivity (Wildman–Crippen MR) is 120 cm³/mol. The Morgan fingerprint density at radius 3 is 2.53 bits per heavy atom. The van der Waals surface area contributed by atoms with Crippen LogP contribution in [0.2, 0.25) is 0 Å². The molecule has 0 atom stereocenters. The first kappa shape index (κ1) is 21.1. The zero-order chi connectivity index (χ0) is 21.3. The molecule has 2 aromatic carbocycles. The molecule has 0 saturated heterocycles. The summed E-state index contributed by atoms with van der Waals surface area (Å²) in [5.41, 5.74) is 3.79. The van der Waals surface area contributed by atoms with Crippen LogP contribution in [0.4, 0.5) is 0 Å². The van der Waals surface area contributed by atoms with Crippen LogP contribution in [0.25, 0.3) is 11.3 Å². The van der Waals surface area contributed by atoms with Gasteiger partial charge in [0.15, 0.2) is 5.96 Å². The molecule has 1 aromatic heterocycles. The van der Waals surface area contributed by atoms with E-state index in [9.17, 15) is 4.79 Å². The van der Waals surface area contributed by atoms with E-state index in [1.165, 1.54) is 0 Å². The molecule has 0 aliphatic carbocycles. The van der Waals surface area contributed by atoms with Gasteiger partial charge in [0.25, 0.3) is 5.91 Å². The predicted octanol–water partition coefficient (Wildman–Crippen LogP) is 3.03. The molecule has 0 fully saturated rings. The number of carbonyl (C=O) groups is 1. The molecule has 3 N–H and O–H groups in total. The van der Waals surface area contributed by atoms with Crippen LogP contribution in [0.5, 0.6) is 0 Å². The molecule has 0 radical (unpaired) electrons. The fraction of sp³-hybridized carbons (Fsp3) is 0.261. The minimum absolute atomic E-state index is 0.0913. The van der Waals surface area contributed by atoms with Crippen LogP contribution in [-0.2, 0) is 13.1 Å². The molecule has 0 saturated carbocycles. The van der Waals surface area contributed by atoms with Crippen molar-refractivity contribution in [2.75, 3.05) is 20.6 Å². The SMILES string of the molecule is CCNC(=NCc1ccc(C(=O)NC)cc1)N(C)Cc1ncc(-c2ccccc2)[nH]1. The number of benzene rings is 2. The third-order valence-corrected chi connectivity index (χ3v) is 4.65. The van der Waals surface area contributed by atoms with Crippen molar-refractivity contribution < 1.29 is 4.79 Å². The van der Waals surface area contributed by atoms with Crippen molar-refractivity contribution in [1.29, 1.82) is 0 Å². The highest BCUT2D eigenvalue weighted by molar-refractivity contribution is 5.93. The van der Waals surface area contributed by atoms with Gasteiger partial charge in [0.05, 0.1) is 25.0 Å². The second-order valence-electron chi connectivity index (χ2n) is 6.91. The van der Waals surface area contributed by atoms with Crippen molar-refractivity contribution in [3.63, 3.8) is 0 Å². The molecule has 0 spiro atoms. The summed E-state index contributed by atoms with van der Waals surface area (Å²) in [5.74, 6) is 1.58. The van der Waals surface area contributed by atoms with Crippen molar-refractivity contribution >= 4 is 11.9 Å². The van der Waals surface area contributed by atoms with Gasteiger partial charge in [0.1, 0.15) is 5.82 Å². The smallest absolute Gasteiger partial charge is 0.251 e. The fourth-order valence-electron chi connectivity index (χ4n) is 3.05. The van der Waals surface area contributed by atoms with Gasteiger partial charge in [-0.05, 0) is 30.2 Å². The third kappa shape index (κ3) is 5.47. The van der Waals surface area contributed by atoms with E-state index in [-0.39, 0.29) is 5.91 Å². The van der Waals surface area contributed by atoms with E-state index in [1.54, 1.807) is 7.05 Å². The molecule has 1 heterocycles. The molecule has 7 heteroatoms. The second-order valence-corrected chi connectivity index (χ2v) is 6.91. The first-order valence-corrected chi connectivity index (χ1v) is 10.0. The first-order chi connectivity index (χ1) is 14.6. The standard InChI is InChI=1S/C23H28N6O/c1-4-25-23(27-14-17-10-12-19(13-11-17)22(30)24-2)29(3)16-21-26-15-20(28-21)18-8-6-5-7-9-18/h5-13,15H,4,14,16H2,1-3H3,(H,24,30)(H,25,27)(H,26,28). The number of carbonyl (C=O) groups excluding carboxylic acids is 1. The Labute approximate surface area is 177 Å². The Hall–Kier alpha value is -3.61. The first-order valence-electron chi connectivity index (χ1n) is 10.0. The highest BCUT2D eigenvalue weighted by atomic mass is 16.1. The largest absolute Gasteiger partial charge is 0.357 e. The van der Waals surface area contributed by atoms with Crippen LogP contribution in [0, 0.1) is 0 Å². The summed E-state index contributed by atoms with van der Waals surface area (Å²) in [4.78, 5) is 26.3. The van der Waals surface area contributed by atoms with Gasteiger partial charge in [-0.15, -0.1) is 0 Å². The molecule has 1 amide bonds. The number of rotatable bonds is 7. The summed E-state index contributed by atoms with van der Waals surface area (Å²) in [5, 5.41) is 5.95. The van der Waals surface area contributed by atoms with Gasteiger partial charge in [-0.1, -0.05) is 42.5 Å². The van der Waals surface area contributed by atoms with Gasteiger partial charge in [-0.3, -0.25) is 4.79 Å². The van der Waals surface area contributed by atoms with Gasteiger partial charge in [-0.25, -0.2) is 9.98 Å². The van der Waals surface area contributed by atoms with Crippen LogP contribution >= 0.6 is 0 Å². The lowest BCUT2D eigenvalue weighted by Gasteiger charge is -2.21. The summed E-state index contributed by atoms with van der Waals surface area (Å²) in [6, 6.07) is 17.6. The lowest BCUT2D eigenvalue weighted by Crippen LogP contribution is -2.38.